The number of carbonyl (C=O) groups excluding carboxylic acids is 4. The highest BCUT2D eigenvalue weighted by Crippen LogP contribution is 2.60. The Labute approximate surface area is 297 Å². The fourth-order valence-corrected chi connectivity index (χ4v) is 8.38. The molecule has 4 aromatic carbocycles. The molecule has 4 aliphatic rings. The molecule has 0 aromatic heterocycles. The van der Waals surface area contributed by atoms with Crippen molar-refractivity contribution in [2.75, 3.05) is 9.80 Å². The van der Waals surface area contributed by atoms with Gasteiger partial charge in [-0.2, -0.15) is 0 Å². The number of imide groups is 2. The third-order valence-corrected chi connectivity index (χ3v) is 11.1. The fraction of sp³-hybridized carbons (Fsp3) is 0.263. The lowest BCUT2D eigenvalue weighted by molar-refractivity contribution is -0.385. The van der Waals surface area contributed by atoms with Gasteiger partial charge < -0.3 is 0 Å². The molecule has 262 valence electrons. The molecule has 4 fully saturated rings. The molecule has 14 heteroatoms. The van der Waals surface area contributed by atoms with Crippen molar-refractivity contribution in [1.82, 2.24) is 10.0 Å². The lowest BCUT2D eigenvalue weighted by Gasteiger charge is -2.35. The Morgan fingerprint density at radius 1 is 0.481 bits per heavy atom. The van der Waals surface area contributed by atoms with Gasteiger partial charge in [0.25, 0.3) is 23.2 Å². The van der Waals surface area contributed by atoms with Crippen molar-refractivity contribution in [2.45, 2.75) is 51.9 Å². The third kappa shape index (κ3) is 4.64. The normalized spacial score (nSPS) is 25.5. The van der Waals surface area contributed by atoms with E-state index in [1.807, 2.05) is 27.7 Å². The highest BCUT2D eigenvalue weighted by molar-refractivity contribution is 6.26. The zero-order valence-corrected chi connectivity index (χ0v) is 28.5. The Morgan fingerprint density at radius 3 is 1.21 bits per heavy atom. The van der Waals surface area contributed by atoms with Crippen molar-refractivity contribution in [3.8, 4) is 0 Å². The van der Waals surface area contributed by atoms with Crippen LogP contribution in [0.1, 0.15) is 45.5 Å². The maximum Gasteiger partial charge on any atom is 0.269 e. The summed E-state index contributed by atoms with van der Waals surface area (Å²) in [6.07, 6.45) is 0. The number of rotatable bonds is 6. The van der Waals surface area contributed by atoms with Gasteiger partial charge in [0.15, 0.2) is 0 Å². The van der Waals surface area contributed by atoms with Gasteiger partial charge in [0, 0.05) is 24.3 Å². The molecule has 0 aliphatic carbocycles. The molecule has 0 saturated carbocycles. The number of nitrogens with zero attached hydrogens (tertiary/aromatic N) is 6. The maximum atomic E-state index is 14.7. The first-order valence-electron chi connectivity index (χ1n) is 16.8. The largest absolute Gasteiger partial charge is 0.274 e. The van der Waals surface area contributed by atoms with E-state index in [1.165, 1.54) is 36.4 Å². The molecular formula is C38H32N6O8. The monoisotopic (exact) mass is 700 g/mol. The first-order valence-corrected chi connectivity index (χ1v) is 16.8. The van der Waals surface area contributed by atoms with E-state index in [2.05, 4.69) is 0 Å². The van der Waals surface area contributed by atoms with Gasteiger partial charge in [-0.15, -0.1) is 0 Å². The fourth-order valence-electron chi connectivity index (χ4n) is 8.38. The van der Waals surface area contributed by atoms with Gasteiger partial charge in [-0.25, -0.2) is 19.8 Å². The van der Waals surface area contributed by atoms with E-state index in [9.17, 15) is 39.4 Å². The summed E-state index contributed by atoms with van der Waals surface area (Å²) in [5.74, 6) is -4.65. The van der Waals surface area contributed by atoms with Crippen LogP contribution < -0.4 is 9.80 Å². The minimum Gasteiger partial charge on any atom is -0.274 e. The van der Waals surface area contributed by atoms with Gasteiger partial charge in [-0.3, -0.25) is 39.4 Å². The Hall–Kier alpha value is -6.12. The smallest absolute Gasteiger partial charge is 0.269 e. The summed E-state index contributed by atoms with van der Waals surface area (Å²) >= 11 is 0. The molecule has 6 unspecified atom stereocenters. The highest BCUT2D eigenvalue weighted by Gasteiger charge is 2.73. The summed E-state index contributed by atoms with van der Waals surface area (Å²) in [4.78, 5) is 83.8. The standard InChI is InChI=1S/C38H32N6O8/c1-19-11-13-25(15-21(19)3)39-35(45)29-31(23-7-5-9-27(17-23)43(49)50)42-34-30(36(46)40(38(34)48)26-14-12-20(2)22(4)16-26)32(41(42)33(29)37(39)47)24-8-6-10-28(18-24)44(51)52/h5-18,29-34H,1-4H3. The Kier molecular flexibility index (Phi) is 7.45. The summed E-state index contributed by atoms with van der Waals surface area (Å²) in [6.45, 7) is 7.52. The summed E-state index contributed by atoms with van der Waals surface area (Å²) in [5, 5.41) is 27.1. The number of fused-ring (bicyclic) bond motifs is 5. The molecule has 0 spiro atoms. The van der Waals surface area contributed by atoms with Crippen LogP contribution in [0.15, 0.2) is 84.9 Å². The lowest BCUT2D eigenvalue weighted by atomic mass is 9.84. The second-order valence-corrected chi connectivity index (χ2v) is 13.9. The molecule has 0 radical (unpaired) electrons. The van der Waals surface area contributed by atoms with Crippen LogP contribution in [0.4, 0.5) is 22.7 Å². The first-order chi connectivity index (χ1) is 24.8. The topological polar surface area (TPSA) is 168 Å². The first kappa shape index (κ1) is 33.0. The van der Waals surface area contributed by atoms with Gasteiger partial charge in [0.05, 0.1) is 45.1 Å². The number of amides is 4. The number of hydrazine groups is 1. The van der Waals surface area contributed by atoms with E-state index in [-0.39, 0.29) is 11.4 Å². The van der Waals surface area contributed by atoms with Gasteiger partial charge in [0.1, 0.15) is 12.1 Å². The van der Waals surface area contributed by atoms with E-state index in [4.69, 9.17) is 0 Å². The second kappa shape index (κ2) is 11.7. The molecule has 4 aromatic rings. The summed E-state index contributed by atoms with van der Waals surface area (Å²) in [5.41, 5.74) is 4.38. The minimum absolute atomic E-state index is 0.258. The number of carbonyl (C=O) groups is 4. The summed E-state index contributed by atoms with van der Waals surface area (Å²) in [7, 11) is 0. The molecule has 4 amide bonds. The van der Waals surface area contributed by atoms with Crippen LogP contribution in [0, 0.1) is 59.8 Å². The number of hydrogen-bond acceptors (Lipinski definition) is 10. The van der Waals surface area contributed by atoms with Gasteiger partial charge in [-0.05, 0) is 85.3 Å². The van der Waals surface area contributed by atoms with Gasteiger partial charge in [0.2, 0.25) is 11.8 Å². The van der Waals surface area contributed by atoms with Crippen LogP contribution in [0.2, 0.25) is 0 Å². The number of nitro groups is 2. The molecule has 8 rings (SSSR count). The quantitative estimate of drug-likeness (QED) is 0.149. The molecule has 4 heterocycles. The molecule has 0 bridgehead atoms. The SMILES string of the molecule is Cc1ccc(N2C(=O)C3C(C2=O)N2C(c4cccc([N+](=O)[O-])c4)C4C(=O)N(c5ccc(C)c(C)c5)C(=O)C4N2C3c2cccc([N+](=O)[O-])c2)cc1C. The van der Waals surface area contributed by atoms with Crippen LogP contribution in [0.25, 0.3) is 0 Å². The molecule has 0 N–H and O–H groups in total. The van der Waals surface area contributed by atoms with Crippen molar-refractivity contribution in [1.29, 1.82) is 0 Å². The van der Waals surface area contributed by atoms with Crippen LogP contribution in [0.3, 0.4) is 0 Å². The minimum atomic E-state index is -1.25. The Balaban J connectivity index is 1.36. The van der Waals surface area contributed by atoms with E-state index >= 15 is 0 Å². The van der Waals surface area contributed by atoms with Crippen molar-refractivity contribution in [3.05, 3.63) is 139 Å². The van der Waals surface area contributed by atoms with Crippen molar-refractivity contribution >= 4 is 46.4 Å². The molecule has 4 saturated heterocycles. The maximum absolute atomic E-state index is 14.7. The highest BCUT2D eigenvalue weighted by atomic mass is 16.6. The van der Waals surface area contributed by atoms with Gasteiger partial charge >= 0.3 is 0 Å². The van der Waals surface area contributed by atoms with E-state index < -0.39 is 69.5 Å². The predicted molar refractivity (Wildman–Crippen MR) is 187 cm³/mol. The zero-order valence-electron chi connectivity index (χ0n) is 28.5. The second-order valence-electron chi connectivity index (χ2n) is 13.9. The van der Waals surface area contributed by atoms with Crippen LogP contribution in [0.5, 0.6) is 0 Å². The molecular weight excluding hydrogens is 668 g/mol. The summed E-state index contributed by atoms with van der Waals surface area (Å²) < 4.78 is 0. The van der Waals surface area contributed by atoms with Crippen LogP contribution >= 0.6 is 0 Å². The number of aryl methyl sites for hydroxylation is 4. The zero-order chi connectivity index (χ0) is 36.9. The van der Waals surface area contributed by atoms with Crippen molar-refractivity contribution in [2.24, 2.45) is 11.8 Å². The number of nitro benzene ring substituents is 2. The number of anilines is 2. The number of benzene rings is 4. The molecule has 52 heavy (non-hydrogen) atoms. The van der Waals surface area contributed by atoms with Crippen molar-refractivity contribution in [3.63, 3.8) is 0 Å². The van der Waals surface area contributed by atoms with Gasteiger partial charge in [-0.1, -0.05) is 36.4 Å². The average molecular weight is 701 g/mol. The summed E-state index contributed by atoms with van der Waals surface area (Å²) in [6, 6.07) is 17.1. The van der Waals surface area contributed by atoms with Crippen molar-refractivity contribution < 1.29 is 29.0 Å². The number of hydrogen-bond donors (Lipinski definition) is 0. The lowest BCUT2D eigenvalue weighted by Crippen LogP contribution is -2.50. The van der Waals surface area contributed by atoms with E-state index in [0.29, 0.717) is 22.5 Å². The molecule has 6 atom stereocenters. The van der Waals surface area contributed by atoms with E-state index in [1.54, 1.807) is 58.5 Å². The van der Waals surface area contributed by atoms with Crippen LogP contribution in [-0.4, -0.2) is 55.6 Å². The third-order valence-electron chi connectivity index (χ3n) is 11.1. The Morgan fingerprint density at radius 2 is 0.865 bits per heavy atom. The predicted octanol–water partition coefficient (Wildman–Crippen LogP) is 5.18. The average Bonchev–Trinajstić information content (AvgIpc) is 3.78. The molecule has 4 aliphatic heterocycles. The van der Waals surface area contributed by atoms with E-state index in [0.717, 1.165) is 32.1 Å². The Bertz CT molecular complexity index is 2130. The number of non-ortho nitro benzene ring substituents is 2. The van der Waals surface area contributed by atoms with Crippen LogP contribution in [-0.2, 0) is 19.2 Å². The molecule has 14 nitrogen and oxygen atoms in total.